The Hall–Kier alpha value is -5.80. The molecule has 0 aliphatic carbocycles. The van der Waals surface area contributed by atoms with Crippen molar-refractivity contribution in [1.29, 1.82) is 0 Å². The van der Waals surface area contributed by atoms with Crippen LogP contribution in [0.1, 0.15) is 54.9 Å². The molecule has 0 aromatic carbocycles. The number of rotatable bonds is 41. The van der Waals surface area contributed by atoms with Crippen LogP contribution >= 0.6 is 0 Å². The topological polar surface area (TPSA) is 1040 Å². The quantitative estimate of drug-likeness (QED) is 0.0253. The molecular formula is C81H134N6O61S. The number of aliphatic hydroxyl groups is 28. The number of carbonyl (C=O) groups excluding carboxylic acids is 6. The van der Waals surface area contributed by atoms with Crippen molar-refractivity contribution in [3.8, 4) is 0 Å². The third kappa shape index (κ3) is 28.5. The van der Waals surface area contributed by atoms with Gasteiger partial charge in [-0.1, -0.05) is 0 Å². The first-order valence-electron chi connectivity index (χ1n) is 46.8. The second-order valence-corrected chi connectivity index (χ2v) is 38.3. The van der Waals surface area contributed by atoms with E-state index in [0.717, 1.165) is 41.5 Å². The standard InChI is InChI=1S/C81H134N6O61S/c1-19-43(103)54(114)58(118)75(130-19)127-17-36-64(50(110)38(70(121)131-36)83-21(3)96)141-71-39(84-22(4)97)52(112)63(33(15-94)135-71)143-77-60(120)67(144-79-69(57(117)46(106)29(11-90)134-79)146-73-40(85-23(5)98)51(111)61(31(13-92)136-73)140-74-42(87-25(7)100)66(148-149(124,125)126)48(108)30(12-91)132-74)49(109)34(138-77)16-128-78-68(56(116)45(105)28(10-89)133-78)145-72-41(86-24(6)99)53(113)62(32(14-93)137-72)142-76-59(119)55(115)47(107)35(139-76)18-129-81(80(122)123)8-26(101)37(82-20(2)95)65(147-81)44(104)27(102)9-88/h19,26-79,88-94,101-121H,8-18H2,1-7H3,(H,82,95)(H,83,96)(H,84,97)(H,85,98)(H,86,99)(H,87,100)(H,122,123)(H,124,125,126)/t19-,26-,27+,28+,29+,30+,31+,32+,33+,34+,35+,36+,37+,38+,39+,40+,41+,42+,43+,44+,45+,46+,47-,48-,49+,50+,51+,52+,53+,54+,55-,56-,57-,58-,59+,60-,61+,62+,63+,64+,65+,66+,67-,68-,69-,70?,71-,72-,73-,74-,75+,76-,77-,78-,79+,81+/m0/s1. The summed E-state index contributed by atoms with van der Waals surface area (Å²) >= 11 is 0. The lowest BCUT2D eigenvalue weighted by atomic mass is 9.88. The summed E-state index contributed by atoms with van der Waals surface area (Å²) in [6.07, 6.45) is -110. The van der Waals surface area contributed by atoms with Crippen molar-refractivity contribution in [2.24, 2.45) is 0 Å². The summed E-state index contributed by atoms with van der Waals surface area (Å²) in [5, 5.41) is 343. The minimum absolute atomic E-state index is 0.849. The van der Waals surface area contributed by atoms with Gasteiger partial charge in [-0.3, -0.25) is 33.3 Å². The molecule has 0 spiro atoms. The smallest absolute Gasteiger partial charge is 0.397 e. The zero-order valence-corrected chi connectivity index (χ0v) is 80.8. The lowest BCUT2D eigenvalue weighted by Gasteiger charge is -2.51. The van der Waals surface area contributed by atoms with Crippen molar-refractivity contribution in [2.45, 2.75) is 398 Å². The van der Waals surface area contributed by atoms with E-state index in [1.165, 1.54) is 6.92 Å². The molecule has 0 radical (unpaired) electrons. The molecule has 67 nitrogen and oxygen atoms in total. The Morgan fingerprint density at radius 2 is 0.651 bits per heavy atom. The molecule has 0 saturated carbocycles. The predicted octanol–water partition coefficient (Wildman–Crippen LogP) is -24.1. The van der Waals surface area contributed by atoms with Crippen LogP contribution in [0.5, 0.6) is 0 Å². The largest absolute Gasteiger partial charge is 0.477 e. The van der Waals surface area contributed by atoms with E-state index in [1.807, 2.05) is 0 Å². The number of aliphatic hydroxyl groups excluding tert-OH is 28. The number of nitrogens with one attached hydrogen (secondary N) is 6. The monoisotopic (exact) mass is 2200 g/mol. The first kappa shape index (κ1) is 123. The molecule has 0 bridgehead atoms. The molecule has 860 valence electrons. The SMILES string of the molecule is CC(=O)N[C@H]1[C@H](O[C@H]2[C@H](O)[C@@H](NC(C)=O)C(O)O[C@@H]2CO[C@@H]2O[C@@H](C)[C@@H](O)[C@@H](O)[C@@H]2O)O[C@H](CO)[C@@H](O[C@@H]2O[C@H](CO[C@H]3O[C@H](CO)[C@@H](O)[C@H](O)[C@@H]3O[C@@H]3O[C@H](CO)[C@@H](O[C@@H]4O[C@H](CO[C@]5(C(=O)O)C[C@H](O)[C@@H](NC(C)=O)[C@H]([C@H](O)[C@H](O)CO)O5)[C@H](O)[C@H](O)[C@H]4O)[C@H](O)[C@H]3NC(C)=O)[C@@H](O)[C@H](O[C@H]3O[C@H](CO)[C@@H](O)[C@H](O)[C@@H]3O[C@@H]3O[C@H](CO)[C@@H](O[C@@H]4O[C@H](CO)[C@H](O)[C@H](OS(=O)(=O)O)[C@H]4NC(C)=O)[C@H](O)[C@H]3NC(C)=O)[C@@H]2O)[C@@H]1O. The molecule has 0 aromatic heterocycles. The van der Waals surface area contributed by atoms with E-state index < -0.39 is 467 Å². The lowest BCUT2D eigenvalue weighted by Crippen LogP contribution is -2.71. The van der Waals surface area contributed by atoms with Crippen LogP contribution in [0, 0.1) is 0 Å². The van der Waals surface area contributed by atoms with Crippen LogP contribution in [0.4, 0.5) is 0 Å². The van der Waals surface area contributed by atoms with Gasteiger partial charge in [0.15, 0.2) is 62.9 Å². The first-order chi connectivity index (χ1) is 70.0. The van der Waals surface area contributed by atoms with Gasteiger partial charge in [0.05, 0.1) is 84.3 Å². The average molecular weight is 2200 g/mol. The highest BCUT2D eigenvalue weighted by molar-refractivity contribution is 7.80. The maximum atomic E-state index is 13.4. The van der Waals surface area contributed by atoms with E-state index in [1.54, 1.807) is 0 Å². The summed E-state index contributed by atoms with van der Waals surface area (Å²) in [5.41, 5.74) is 0. The highest BCUT2D eigenvalue weighted by atomic mass is 32.3. The maximum Gasteiger partial charge on any atom is 0.397 e. The molecular weight excluding hydrogens is 2060 g/mol. The van der Waals surface area contributed by atoms with Crippen LogP contribution in [-0.2, 0) is 148 Å². The molecule has 11 rings (SSSR count). The Labute approximate surface area is 843 Å². The molecule has 0 aromatic rings. The minimum atomic E-state index is -5.58. The Morgan fingerprint density at radius 1 is 0.322 bits per heavy atom. The lowest BCUT2D eigenvalue weighted by molar-refractivity contribution is -0.398. The number of hydrogen-bond donors (Lipinski definition) is 36. The van der Waals surface area contributed by atoms with Crippen LogP contribution in [-0.4, -0.2) is 612 Å². The fourth-order valence-corrected chi connectivity index (χ4v) is 19.4. The van der Waals surface area contributed by atoms with Gasteiger partial charge < -0.3 is 279 Å². The van der Waals surface area contributed by atoms with E-state index in [9.17, 15) is 195 Å². The molecule has 1 unspecified atom stereocenters. The van der Waals surface area contributed by atoms with Gasteiger partial charge in [-0.2, -0.15) is 8.42 Å². The number of hydrogen-bond acceptors (Lipinski definition) is 59. The Balaban J connectivity index is 0.915. The fourth-order valence-electron chi connectivity index (χ4n) is 18.9. The number of aliphatic carboxylic acids is 1. The molecule has 36 N–H and O–H groups in total. The highest BCUT2D eigenvalue weighted by Crippen LogP contribution is 2.43. The first-order valence-corrected chi connectivity index (χ1v) is 48.1. The molecule has 11 heterocycles. The highest BCUT2D eigenvalue weighted by Gasteiger charge is 2.64. The molecule has 68 heteroatoms. The Kier molecular flexibility index (Phi) is 43.9. The fraction of sp³-hybridized carbons (Fsp3) is 0.914. The Morgan fingerprint density at radius 3 is 1.10 bits per heavy atom. The number of carboxylic acid groups (broad SMARTS) is 1. The van der Waals surface area contributed by atoms with Crippen molar-refractivity contribution >= 4 is 51.8 Å². The zero-order chi connectivity index (χ0) is 110. The molecule has 11 aliphatic heterocycles. The minimum Gasteiger partial charge on any atom is -0.477 e. The second-order valence-electron chi connectivity index (χ2n) is 37.2. The van der Waals surface area contributed by atoms with Crippen LogP contribution in [0.2, 0.25) is 0 Å². The van der Waals surface area contributed by atoms with E-state index in [4.69, 9.17) is 99.5 Å². The summed E-state index contributed by atoms with van der Waals surface area (Å²) in [6.45, 7) is -5.76. The average Bonchev–Trinajstić information content (AvgIpc) is 0.765. The molecule has 11 saturated heterocycles. The van der Waals surface area contributed by atoms with Crippen LogP contribution in [0.3, 0.4) is 0 Å². The van der Waals surface area contributed by atoms with Crippen molar-refractivity contribution in [3.63, 3.8) is 0 Å². The van der Waals surface area contributed by atoms with Crippen molar-refractivity contribution in [3.05, 3.63) is 0 Å². The van der Waals surface area contributed by atoms with Crippen LogP contribution in [0.15, 0.2) is 0 Å². The molecule has 56 atom stereocenters. The van der Waals surface area contributed by atoms with Crippen LogP contribution in [0.25, 0.3) is 0 Å². The van der Waals surface area contributed by atoms with E-state index >= 15 is 0 Å². The van der Waals surface area contributed by atoms with Gasteiger partial charge in [0.2, 0.25) is 35.4 Å². The van der Waals surface area contributed by atoms with Gasteiger partial charge in [-0.25, -0.2) is 8.98 Å². The summed E-state index contributed by atoms with van der Waals surface area (Å²) in [4.78, 5) is 90.5. The summed E-state index contributed by atoms with van der Waals surface area (Å²) in [5.74, 6) is -11.2. The third-order valence-corrected chi connectivity index (χ3v) is 27.0. The summed E-state index contributed by atoms with van der Waals surface area (Å²) < 4.78 is 164. The molecule has 149 heavy (non-hydrogen) atoms. The van der Waals surface area contributed by atoms with Crippen molar-refractivity contribution < 1.29 is 298 Å². The number of carboxylic acids is 1. The van der Waals surface area contributed by atoms with Gasteiger partial charge in [-0.15, -0.1) is 0 Å². The Bertz CT molecular complexity index is 4440. The van der Waals surface area contributed by atoms with E-state index in [-0.39, 0.29) is 0 Å². The second kappa shape index (κ2) is 53.0. The normalized spacial score (nSPS) is 46.4. The zero-order valence-electron chi connectivity index (χ0n) is 80.0. The van der Waals surface area contributed by atoms with E-state index in [0.29, 0.717) is 0 Å². The van der Waals surface area contributed by atoms with Gasteiger partial charge in [-0.05, 0) is 6.92 Å². The van der Waals surface area contributed by atoms with Gasteiger partial charge in [0, 0.05) is 48.0 Å². The van der Waals surface area contributed by atoms with Gasteiger partial charge in [0.1, 0.15) is 256 Å². The van der Waals surface area contributed by atoms with E-state index in [2.05, 4.69) is 36.1 Å². The third-order valence-electron chi connectivity index (χ3n) is 26.5. The summed E-state index contributed by atoms with van der Waals surface area (Å²) in [6, 6.07) is -12.0. The van der Waals surface area contributed by atoms with Crippen molar-refractivity contribution in [1.82, 2.24) is 31.9 Å². The summed E-state index contributed by atoms with van der Waals surface area (Å²) in [7, 11) is -5.58. The predicted molar refractivity (Wildman–Crippen MR) is 458 cm³/mol. The number of ether oxygens (including phenoxy) is 21. The number of carbonyl (C=O) groups is 7. The van der Waals surface area contributed by atoms with Crippen molar-refractivity contribution in [2.75, 3.05) is 66.1 Å². The van der Waals surface area contributed by atoms with Gasteiger partial charge >= 0.3 is 16.4 Å². The molecule has 11 fully saturated rings. The van der Waals surface area contributed by atoms with Gasteiger partial charge in [0.25, 0.3) is 5.79 Å². The molecule has 6 amide bonds. The number of amides is 6. The molecule has 11 aliphatic rings. The van der Waals surface area contributed by atoms with Crippen LogP contribution < -0.4 is 31.9 Å². The maximum absolute atomic E-state index is 13.4.